The third-order valence-corrected chi connectivity index (χ3v) is 7.10. The number of nitrogens with one attached hydrogen (secondary N) is 1. The summed E-state index contributed by atoms with van der Waals surface area (Å²) in [5.41, 5.74) is 3.82. The van der Waals surface area contributed by atoms with Crippen LogP contribution in [0.25, 0.3) is 11.2 Å². The highest BCUT2D eigenvalue weighted by Gasteiger charge is 2.24. The van der Waals surface area contributed by atoms with Crippen molar-refractivity contribution in [2.75, 3.05) is 36.6 Å². The predicted molar refractivity (Wildman–Crippen MR) is 130 cm³/mol. The first-order chi connectivity index (χ1) is 15.7. The van der Waals surface area contributed by atoms with Crippen LogP contribution < -0.4 is 9.62 Å². The molecule has 178 valence electrons. The molecule has 1 aromatic carbocycles. The van der Waals surface area contributed by atoms with Crippen molar-refractivity contribution < 1.29 is 17.9 Å². The van der Waals surface area contributed by atoms with E-state index in [1.807, 2.05) is 23.6 Å². The lowest BCUT2D eigenvalue weighted by Crippen LogP contribution is -2.25. The molecule has 2 aromatic heterocycles. The Morgan fingerprint density at radius 3 is 2.73 bits per heavy atom. The van der Waals surface area contributed by atoms with E-state index in [-0.39, 0.29) is 6.23 Å². The van der Waals surface area contributed by atoms with Gasteiger partial charge < -0.3 is 14.8 Å². The van der Waals surface area contributed by atoms with Gasteiger partial charge in [0.1, 0.15) is 22.7 Å². The number of pyridine rings is 1. The lowest BCUT2D eigenvalue weighted by Gasteiger charge is -2.25. The van der Waals surface area contributed by atoms with Crippen molar-refractivity contribution in [3.63, 3.8) is 0 Å². The molecule has 1 atom stereocenters. The Hall–Kier alpha value is -2.40. The van der Waals surface area contributed by atoms with Crippen LogP contribution in [0.2, 0.25) is 5.15 Å². The quantitative estimate of drug-likeness (QED) is 0.487. The summed E-state index contributed by atoms with van der Waals surface area (Å²) in [5, 5.41) is 3.64. The number of aromatic nitrogens is 3. The Morgan fingerprint density at radius 2 is 2.06 bits per heavy atom. The van der Waals surface area contributed by atoms with Crippen LogP contribution in [0, 0.1) is 6.92 Å². The lowest BCUT2D eigenvalue weighted by molar-refractivity contribution is -0.0309. The molecule has 1 saturated heterocycles. The summed E-state index contributed by atoms with van der Waals surface area (Å²) < 4.78 is 39.0. The molecule has 0 amide bonds. The third-order valence-electron chi connectivity index (χ3n) is 5.72. The third kappa shape index (κ3) is 4.93. The van der Waals surface area contributed by atoms with Crippen molar-refractivity contribution in [3.8, 4) is 0 Å². The maximum absolute atomic E-state index is 12.3. The average molecular weight is 494 g/mol. The van der Waals surface area contributed by atoms with E-state index in [4.69, 9.17) is 26.1 Å². The molecule has 0 radical (unpaired) electrons. The smallest absolute Gasteiger partial charge is 0.232 e. The molecule has 3 aromatic rings. The van der Waals surface area contributed by atoms with E-state index < -0.39 is 10.0 Å². The van der Waals surface area contributed by atoms with Crippen LogP contribution in [0.3, 0.4) is 0 Å². The van der Waals surface area contributed by atoms with Gasteiger partial charge in [-0.2, -0.15) is 0 Å². The Morgan fingerprint density at radius 1 is 1.27 bits per heavy atom. The second kappa shape index (κ2) is 9.46. The van der Waals surface area contributed by atoms with E-state index >= 15 is 0 Å². The van der Waals surface area contributed by atoms with E-state index in [2.05, 4.69) is 10.3 Å². The topological polar surface area (TPSA) is 98.6 Å². The molecule has 33 heavy (non-hydrogen) atoms. The zero-order valence-corrected chi connectivity index (χ0v) is 20.7. The van der Waals surface area contributed by atoms with Gasteiger partial charge in [-0.05, 0) is 43.9 Å². The molecule has 3 heterocycles. The molecule has 0 saturated carbocycles. The molecule has 1 aliphatic rings. The molecule has 1 N–H and O–H groups in total. The van der Waals surface area contributed by atoms with Gasteiger partial charge in [-0.15, -0.1) is 0 Å². The van der Waals surface area contributed by atoms with Gasteiger partial charge in [0, 0.05) is 26.8 Å². The van der Waals surface area contributed by atoms with Crippen molar-refractivity contribution in [2.24, 2.45) is 0 Å². The number of hydrogen-bond acceptors (Lipinski definition) is 7. The highest BCUT2D eigenvalue weighted by atomic mass is 35.5. The maximum Gasteiger partial charge on any atom is 0.232 e. The second-order valence-electron chi connectivity index (χ2n) is 8.15. The fourth-order valence-corrected chi connectivity index (χ4v) is 4.73. The van der Waals surface area contributed by atoms with E-state index in [0.29, 0.717) is 46.6 Å². The van der Waals surface area contributed by atoms with Crippen molar-refractivity contribution in [1.29, 1.82) is 0 Å². The van der Waals surface area contributed by atoms with Crippen molar-refractivity contribution >= 4 is 49.9 Å². The number of aryl methyl sites for hydroxylation is 1. The van der Waals surface area contributed by atoms with Crippen molar-refractivity contribution in [2.45, 2.75) is 39.0 Å². The molecule has 1 unspecified atom stereocenters. The van der Waals surface area contributed by atoms with Crippen LogP contribution >= 0.6 is 11.6 Å². The summed E-state index contributed by atoms with van der Waals surface area (Å²) in [6, 6.07) is 7.17. The molecule has 11 heteroatoms. The second-order valence-corrected chi connectivity index (χ2v) is 10.6. The van der Waals surface area contributed by atoms with E-state index in [9.17, 15) is 8.42 Å². The Balaban J connectivity index is 1.81. The summed E-state index contributed by atoms with van der Waals surface area (Å²) in [7, 11) is -0.384. The van der Waals surface area contributed by atoms with Gasteiger partial charge in [-0.3, -0.25) is 8.87 Å². The lowest BCUT2D eigenvalue weighted by atomic mass is 10.1. The van der Waals surface area contributed by atoms with Crippen molar-refractivity contribution in [3.05, 3.63) is 40.8 Å². The standard InChI is InChI=1S/C22H28ClN5O4S/c1-14-24-21-17(12-19(23)26-22(21)28(14)20-7-5-6-10-32-20)25-16-9-8-15(13-31-3)11-18(16)27(2)33(4,29)30/h8-9,11-12,20H,5-7,10,13H2,1-4H3,(H,25,26). The number of hydrogen-bond donors (Lipinski definition) is 1. The summed E-state index contributed by atoms with van der Waals surface area (Å²) >= 11 is 6.40. The van der Waals surface area contributed by atoms with Crippen molar-refractivity contribution in [1.82, 2.24) is 14.5 Å². The number of fused-ring (bicyclic) bond motifs is 1. The van der Waals surface area contributed by atoms with Gasteiger partial charge in [0.05, 0.1) is 29.9 Å². The Kier molecular flexibility index (Phi) is 6.81. The zero-order chi connectivity index (χ0) is 23.8. The van der Waals surface area contributed by atoms with Crippen LogP contribution in [0.15, 0.2) is 24.3 Å². The predicted octanol–water partition coefficient (Wildman–Crippen LogP) is 4.38. The fourth-order valence-electron chi connectivity index (χ4n) is 4.03. The van der Waals surface area contributed by atoms with Gasteiger partial charge >= 0.3 is 0 Å². The van der Waals surface area contributed by atoms with Gasteiger partial charge in [-0.25, -0.2) is 18.4 Å². The minimum atomic E-state index is -3.49. The van der Waals surface area contributed by atoms with E-state index in [1.165, 1.54) is 11.4 Å². The van der Waals surface area contributed by atoms with Gasteiger partial charge in [0.15, 0.2) is 5.65 Å². The first-order valence-electron chi connectivity index (χ1n) is 10.7. The van der Waals surface area contributed by atoms with Crippen LogP contribution in [-0.2, 0) is 26.1 Å². The maximum atomic E-state index is 12.3. The fraction of sp³-hybridized carbons (Fsp3) is 0.455. The highest BCUT2D eigenvalue weighted by molar-refractivity contribution is 7.92. The number of halogens is 1. The minimum Gasteiger partial charge on any atom is -0.380 e. The number of ether oxygens (including phenoxy) is 2. The normalized spacial score (nSPS) is 16.8. The highest BCUT2D eigenvalue weighted by Crippen LogP contribution is 2.36. The van der Waals surface area contributed by atoms with Gasteiger partial charge in [-0.1, -0.05) is 17.7 Å². The van der Waals surface area contributed by atoms with Gasteiger partial charge in [0.25, 0.3) is 0 Å². The van der Waals surface area contributed by atoms with E-state index in [1.54, 1.807) is 19.2 Å². The molecule has 1 fully saturated rings. The molecule has 0 bridgehead atoms. The molecule has 1 aliphatic heterocycles. The number of benzene rings is 1. The zero-order valence-electron chi connectivity index (χ0n) is 19.1. The summed E-state index contributed by atoms with van der Waals surface area (Å²) in [5.74, 6) is 0.777. The molecule has 0 aliphatic carbocycles. The number of anilines is 3. The Labute approximate surface area is 198 Å². The minimum absolute atomic E-state index is 0.136. The number of nitrogens with zero attached hydrogens (tertiary/aromatic N) is 4. The van der Waals surface area contributed by atoms with Crippen LogP contribution in [-0.4, -0.2) is 50.0 Å². The number of sulfonamides is 1. The van der Waals surface area contributed by atoms with Gasteiger partial charge in [0.2, 0.25) is 10.0 Å². The molecule has 9 nitrogen and oxygen atoms in total. The number of imidazole rings is 1. The number of methoxy groups -OCH3 is 1. The first-order valence-corrected chi connectivity index (χ1v) is 12.9. The monoisotopic (exact) mass is 493 g/mol. The molecular weight excluding hydrogens is 466 g/mol. The molecular formula is C22H28ClN5O4S. The molecule has 4 rings (SSSR count). The van der Waals surface area contributed by atoms with Crippen LogP contribution in [0.1, 0.15) is 36.9 Å². The van der Waals surface area contributed by atoms with Crippen LogP contribution in [0.4, 0.5) is 17.1 Å². The van der Waals surface area contributed by atoms with Crippen LogP contribution in [0.5, 0.6) is 0 Å². The average Bonchev–Trinajstić information content (AvgIpc) is 3.10. The molecule has 0 spiro atoms. The summed E-state index contributed by atoms with van der Waals surface area (Å²) in [6.45, 7) is 2.98. The summed E-state index contributed by atoms with van der Waals surface area (Å²) in [6.07, 6.45) is 4.02. The summed E-state index contributed by atoms with van der Waals surface area (Å²) in [4.78, 5) is 9.28. The van der Waals surface area contributed by atoms with E-state index in [0.717, 1.165) is 36.9 Å². The first kappa shape index (κ1) is 23.7. The Bertz CT molecular complexity index is 1270. The largest absolute Gasteiger partial charge is 0.380 e. The SMILES string of the molecule is COCc1ccc(Nc2cc(Cl)nc3c2nc(C)n3C2CCCCO2)c(N(C)S(C)(=O)=O)c1. The number of rotatable bonds is 7.